The topological polar surface area (TPSA) is 128 Å². The van der Waals surface area contributed by atoms with Gasteiger partial charge < -0.3 is 5.32 Å². The molecule has 1 saturated carbocycles. The molecule has 1 fully saturated rings. The number of nitrogens with zero attached hydrogens (tertiary/aromatic N) is 4. The second-order valence-electron chi connectivity index (χ2n) is 7.91. The summed E-state index contributed by atoms with van der Waals surface area (Å²) in [6.45, 7) is 0.637. The van der Waals surface area contributed by atoms with Crippen LogP contribution in [0.1, 0.15) is 32.1 Å². The molecular weight excluding hydrogens is 432 g/mol. The summed E-state index contributed by atoms with van der Waals surface area (Å²) in [6.07, 6.45) is 11.2. The molecular formula is C21H26N6O4S. The van der Waals surface area contributed by atoms with Gasteiger partial charge in [0.25, 0.3) is 10.1 Å². The van der Waals surface area contributed by atoms with Crippen LogP contribution >= 0.6 is 0 Å². The van der Waals surface area contributed by atoms with Crippen molar-refractivity contribution in [3.05, 3.63) is 36.8 Å². The Morgan fingerprint density at radius 1 is 1.19 bits per heavy atom. The summed E-state index contributed by atoms with van der Waals surface area (Å²) in [5.74, 6) is 0.466. The molecule has 2 N–H and O–H groups in total. The van der Waals surface area contributed by atoms with Gasteiger partial charge in [0.1, 0.15) is 5.82 Å². The Balaban J connectivity index is 1.41. The highest BCUT2D eigenvalue weighted by molar-refractivity contribution is 7.85. The summed E-state index contributed by atoms with van der Waals surface area (Å²) in [4.78, 5) is 21.2. The van der Waals surface area contributed by atoms with Gasteiger partial charge in [-0.25, -0.2) is 9.78 Å². The molecule has 0 atom stereocenters. The van der Waals surface area contributed by atoms with Gasteiger partial charge in [0.15, 0.2) is 0 Å². The highest BCUT2D eigenvalue weighted by Crippen LogP contribution is 2.23. The number of carbonyl (C=O) groups is 1. The van der Waals surface area contributed by atoms with Crippen molar-refractivity contribution in [2.75, 3.05) is 18.2 Å². The SMILES string of the molecule is CS(=O)(=O)OCCCn1cc(-c2cnc3ccc(NC(=O)NC4CCCC4)nc3c2)cn1. The maximum absolute atomic E-state index is 12.2. The lowest BCUT2D eigenvalue weighted by molar-refractivity contribution is 0.248. The van der Waals surface area contributed by atoms with E-state index in [9.17, 15) is 13.2 Å². The van der Waals surface area contributed by atoms with Crippen LogP contribution in [0.3, 0.4) is 0 Å². The van der Waals surface area contributed by atoms with Crippen molar-refractivity contribution >= 4 is 33.0 Å². The number of hydrogen-bond acceptors (Lipinski definition) is 7. The monoisotopic (exact) mass is 458 g/mol. The van der Waals surface area contributed by atoms with Crippen LogP contribution in [0.4, 0.5) is 10.6 Å². The minimum absolute atomic E-state index is 0.111. The zero-order chi connectivity index (χ0) is 22.6. The van der Waals surface area contributed by atoms with Crippen LogP contribution in [0.5, 0.6) is 0 Å². The lowest BCUT2D eigenvalue weighted by Gasteiger charge is -2.12. The van der Waals surface area contributed by atoms with Gasteiger partial charge in [-0.2, -0.15) is 13.5 Å². The largest absolute Gasteiger partial charge is 0.335 e. The van der Waals surface area contributed by atoms with E-state index >= 15 is 0 Å². The van der Waals surface area contributed by atoms with Crippen molar-refractivity contribution in [1.82, 2.24) is 25.1 Å². The minimum atomic E-state index is -3.43. The van der Waals surface area contributed by atoms with Crippen molar-refractivity contribution in [2.45, 2.75) is 44.7 Å². The molecule has 11 heteroatoms. The van der Waals surface area contributed by atoms with Gasteiger partial charge in [0, 0.05) is 36.1 Å². The summed E-state index contributed by atoms with van der Waals surface area (Å²) in [5.41, 5.74) is 3.09. The average molecular weight is 459 g/mol. The van der Waals surface area contributed by atoms with Gasteiger partial charge in [-0.05, 0) is 37.5 Å². The van der Waals surface area contributed by atoms with E-state index in [4.69, 9.17) is 4.18 Å². The smallest absolute Gasteiger partial charge is 0.320 e. The Kier molecular flexibility index (Phi) is 6.66. The first-order chi connectivity index (χ1) is 15.4. The Bertz CT molecular complexity index is 1200. The quantitative estimate of drug-likeness (QED) is 0.392. The maximum atomic E-state index is 12.2. The molecule has 1 aliphatic carbocycles. The number of aromatic nitrogens is 4. The van der Waals surface area contributed by atoms with Crippen LogP contribution in [0.15, 0.2) is 36.8 Å². The van der Waals surface area contributed by atoms with Crippen LogP contribution in [-0.2, 0) is 20.8 Å². The van der Waals surface area contributed by atoms with E-state index in [1.54, 1.807) is 23.1 Å². The summed E-state index contributed by atoms with van der Waals surface area (Å²) in [5, 5.41) is 10.1. The van der Waals surface area contributed by atoms with Crippen LogP contribution in [-0.4, -0.2) is 53.1 Å². The number of pyridine rings is 2. The normalized spacial score (nSPS) is 14.7. The third kappa shape index (κ3) is 6.01. The number of carbonyl (C=O) groups excluding carboxylic acids is 1. The van der Waals surface area contributed by atoms with Crippen LogP contribution < -0.4 is 10.6 Å². The van der Waals surface area contributed by atoms with Crippen molar-refractivity contribution in [3.8, 4) is 11.1 Å². The molecule has 0 radical (unpaired) electrons. The van der Waals surface area contributed by atoms with E-state index < -0.39 is 10.1 Å². The third-order valence-electron chi connectivity index (χ3n) is 5.26. The number of anilines is 1. The van der Waals surface area contributed by atoms with Gasteiger partial charge in [0.2, 0.25) is 0 Å². The van der Waals surface area contributed by atoms with Gasteiger partial charge in [-0.1, -0.05) is 12.8 Å². The van der Waals surface area contributed by atoms with Gasteiger partial charge >= 0.3 is 6.03 Å². The highest BCUT2D eigenvalue weighted by atomic mass is 32.2. The molecule has 0 unspecified atom stereocenters. The summed E-state index contributed by atoms with van der Waals surface area (Å²) in [6, 6.07) is 5.45. The number of rotatable bonds is 8. The second kappa shape index (κ2) is 9.61. The van der Waals surface area contributed by atoms with Crippen molar-refractivity contribution in [3.63, 3.8) is 0 Å². The van der Waals surface area contributed by atoms with Crippen LogP contribution in [0.2, 0.25) is 0 Å². The van der Waals surface area contributed by atoms with Crippen molar-refractivity contribution < 1.29 is 17.4 Å². The number of amides is 2. The molecule has 32 heavy (non-hydrogen) atoms. The predicted octanol–water partition coefficient (Wildman–Crippen LogP) is 2.92. The van der Waals surface area contributed by atoms with Crippen LogP contribution in [0.25, 0.3) is 22.2 Å². The molecule has 3 aromatic rings. The molecule has 3 aromatic heterocycles. The molecule has 2 amide bonds. The van der Waals surface area contributed by atoms with E-state index in [0.717, 1.165) is 48.6 Å². The maximum Gasteiger partial charge on any atom is 0.320 e. The van der Waals surface area contributed by atoms with E-state index in [2.05, 4.69) is 25.7 Å². The molecule has 0 spiro atoms. The molecule has 0 aromatic carbocycles. The molecule has 0 aliphatic heterocycles. The summed E-state index contributed by atoms with van der Waals surface area (Å²) < 4.78 is 28.5. The van der Waals surface area contributed by atoms with Gasteiger partial charge in [-0.3, -0.25) is 19.2 Å². The average Bonchev–Trinajstić information content (AvgIpc) is 3.42. The zero-order valence-corrected chi connectivity index (χ0v) is 18.6. The summed E-state index contributed by atoms with van der Waals surface area (Å²) >= 11 is 0. The van der Waals surface area contributed by atoms with Crippen molar-refractivity contribution in [2.24, 2.45) is 0 Å². The first-order valence-corrected chi connectivity index (χ1v) is 12.4. The standard InChI is InChI=1S/C21H26N6O4S/c1-32(29,30)31-10-4-9-27-14-16(13-23-27)15-11-19-18(22-12-15)7-8-20(25-19)26-21(28)24-17-5-2-3-6-17/h7-8,11-14,17H,2-6,9-10H2,1H3,(H2,24,25,26,28). The second-order valence-corrected chi connectivity index (χ2v) is 9.55. The van der Waals surface area contributed by atoms with E-state index in [1.807, 2.05) is 18.3 Å². The fourth-order valence-corrected chi connectivity index (χ4v) is 4.13. The van der Waals surface area contributed by atoms with Crippen LogP contribution in [0, 0.1) is 0 Å². The first kappa shape index (κ1) is 22.2. The first-order valence-electron chi connectivity index (χ1n) is 10.6. The molecule has 1 aliphatic rings. The molecule has 4 rings (SSSR count). The van der Waals surface area contributed by atoms with E-state index in [-0.39, 0.29) is 18.7 Å². The van der Waals surface area contributed by atoms with E-state index in [0.29, 0.717) is 24.3 Å². The molecule has 0 saturated heterocycles. The minimum Gasteiger partial charge on any atom is -0.335 e. The number of hydrogen-bond donors (Lipinski definition) is 2. The number of aryl methyl sites for hydroxylation is 1. The summed E-state index contributed by atoms with van der Waals surface area (Å²) in [7, 11) is -3.43. The van der Waals surface area contributed by atoms with Crippen molar-refractivity contribution in [1.29, 1.82) is 0 Å². The number of nitrogens with one attached hydrogen (secondary N) is 2. The lowest BCUT2D eigenvalue weighted by atomic mass is 10.1. The number of fused-ring (bicyclic) bond motifs is 1. The fourth-order valence-electron chi connectivity index (χ4n) is 3.71. The Morgan fingerprint density at radius 2 is 2.00 bits per heavy atom. The molecule has 170 valence electrons. The Labute approximate surface area is 186 Å². The molecule has 0 bridgehead atoms. The third-order valence-corrected chi connectivity index (χ3v) is 5.86. The fraction of sp³-hybridized carbons (Fsp3) is 0.429. The molecule has 10 nitrogen and oxygen atoms in total. The Morgan fingerprint density at radius 3 is 2.78 bits per heavy atom. The van der Waals surface area contributed by atoms with E-state index in [1.165, 1.54) is 0 Å². The molecule has 3 heterocycles. The Hall–Kier alpha value is -3.05. The highest BCUT2D eigenvalue weighted by Gasteiger charge is 2.17. The van der Waals surface area contributed by atoms with Gasteiger partial charge in [0.05, 0.1) is 30.1 Å². The zero-order valence-electron chi connectivity index (χ0n) is 17.8. The van der Waals surface area contributed by atoms with Gasteiger partial charge in [-0.15, -0.1) is 0 Å². The predicted molar refractivity (Wildman–Crippen MR) is 121 cm³/mol. The number of urea groups is 1. The lowest BCUT2D eigenvalue weighted by Crippen LogP contribution is -2.36.